The summed E-state index contributed by atoms with van der Waals surface area (Å²) in [5.41, 5.74) is 1.21. The first-order valence-corrected chi connectivity index (χ1v) is 6.24. The van der Waals surface area contributed by atoms with Gasteiger partial charge in [-0.05, 0) is 24.8 Å². The van der Waals surface area contributed by atoms with Gasteiger partial charge in [-0.1, -0.05) is 44.2 Å². The Kier molecular flexibility index (Phi) is 8.20. The van der Waals surface area contributed by atoms with Crippen molar-refractivity contribution >= 4 is 12.4 Å². The van der Waals surface area contributed by atoms with Crippen LogP contribution in [0.25, 0.3) is 0 Å². The maximum atomic E-state index is 9.84. The number of halogens is 1. The zero-order valence-electron chi connectivity index (χ0n) is 11.4. The van der Waals surface area contributed by atoms with Crippen LogP contribution in [0.4, 0.5) is 0 Å². The van der Waals surface area contributed by atoms with Crippen LogP contribution in [0.5, 0.6) is 0 Å². The number of rotatable bonds is 6. The van der Waals surface area contributed by atoms with Gasteiger partial charge in [-0.15, -0.1) is 12.4 Å². The summed E-state index contributed by atoms with van der Waals surface area (Å²) in [5.74, 6) is 6.54. The standard InChI is InChI=1S/C14H24N2O.ClH/c1-11(2)10-16(15)14(12(3)17)9-13-7-5-4-6-8-13;/h4-8,11-12,14,17H,9-10,15H2,1-3H3;1H/t12-,14-;/m0./s1. The van der Waals surface area contributed by atoms with Gasteiger partial charge < -0.3 is 5.11 Å². The van der Waals surface area contributed by atoms with Crippen LogP contribution in [-0.4, -0.2) is 28.8 Å². The summed E-state index contributed by atoms with van der Waals surface area (Å²) in [6.07, 6.45) is 0.348. The molecular formula is C14H25ClN2O. The number of aliphatic hydroxyl groups excluding tert-OH is 1. The van der Waals surface area contributed by atoms with Crippen molar-refractivity contribution in [2.24, 2.45) is 11.8 Å². The monoisotopic (exact) mass is 272 g/mol. The lowest BCUT2D eigenvalue weighted by atomic mass is 10.0. The highest BCUT2D eigenvalue weighted by Crippen LogP contribution is 2.11. The van der Waals surface area contributed by atoms with Gasteiger partial charge in [0, 0.05) is 6.54 Å². The van der Waals surface area contributed by atoms with Gasteiger partial charge in [-0.25, -0.2) is 5.01 Å². The predicted molar refractivity (Wildman–Crippen MR) is 78.6 cm³/mol. The molecule has 0 aliphatic carbocycles. The number of hydrogen-bond donors (Lipinski definition) is 2. The van der Waals surface area contributed by atoms with Crippen molar-refractivity contribution in [2.45, 2.75) is 39.3 Å². The molecule has 0 aromatic heterocycles. The first-order chi connectivity index (χ1) is 8.00. The molecule has 0 saturated carbocycles. The Hall–Kier alpha value is -0.610. The Bertz CT molecular complexity index is 317. The predicted octanol–water partition coefficient (Wildman–Crippen LogP) is 2.23. The Morgan fingerprint density at radius 2 is 1.72 bits per heavy atom. The van der Waals surface area contributed by atoms with Crippen molar-refractivity contribution in [1.82, 2.24) is 5.01 Å². The van der Waals surface area contributed by atoms with Crippen LogP contribution >= 0.6 is 12.4 Å². The molecule has 0 saturated heterocycles. The summed E-state index contributed by atoms with van der Waals surface area (Å²) in [5, 5.41) is 11.6. The van der Waals surface area contributed by atoms with Gasteiger partial charge in [-0.2, -0.15) is 0 Å². The van der Waals surface area contributed by atoms with Gasteiger partial charge in [0.25, 0.3) is 0 Å². The number of benzene rings is 1. The van der Waals surface area contributed by atoms with E-state index in [1.807, 2.05) is 18.2 Å². The fraction of sp³-hybridized carbons (Fsp3) is 0.571. The number of nitrogens with zero attached hydrogens (tertiary/aromatic N) is 1. The fourth-order valence-electron chi connectivity index (χ4n) is 1.98. The van der Waals surface area contributed by atoms with E-state index in [4.69, 9.17) is 5.84 Å². The van der Waals surface area contributed by atoms with Crippen LogP contribution in [-0.2, 0) is 6.42 Å². The Morgan fingerprint density at radius 1 is 1.17 bits per heavy atom. The van der Waals surface area contributed by atoms with Crippen LogP contribution in [0.15, 0.2) is 30.3 Å². The zero-order chi connectivity index (χ0) is 12.8. The average molecular weight is 273 g/mol. The van der Waals surface area contributed by atoms with Crippen molar-refractivity contribution in [3.63, 3.8) is 0 Å². The molecule has 104 valence electrons. The first kappa shape index (κ1) is 17.4. The minimum atomic E-state index is -0.432. The molecule has 3 N–H and O–H groups in total. The maximum Gasteiger partial charge on any atom is 0.0684 e. The van der Waals surface area contributed by atoms with Crippen LogP contribution in [0, 0.1) is 5.92 Å². The highest BCUT2D eigenvalue weighted by atomic mass is 35.5. The van der Waals surface area contributed by atoms with Gasteiger partial charge in [0.15, 0.2) is 0 Å². The lowest BCUT2D eigenvalue weighted by Gasteiger charge is -2.31. The molecule has 0 amide bonds. The second kappa shape index (κ2) is 8.48. The summed E-state index contributed by atoms with van der Waals surface area (Å²) in [7, 11) is 0. The lowest BCUT2D eigenvalue weighted by molar-refractivity contribution is 0.0534. The summed E-state index contributed by atoms with van der Waals surface area (Å²) in [6, 6.07) is 10.1. The molecule has 0 spiro atoms. The summed E-state index contributed by atoms with van der Waals surface area (Å²) in [6.45, 7) is 6.85. The Balaban J connectivity index is 0.00000289. The highest BCUT2D eigenvalue weighted by molar-refractivity contribution is 5.85. The zero-order valence-corrected chi connectivity index (χ0v) is 12.2. The van der Waals surface area contributed by atoms with Crippen molar-refractivity contribution < 1.29 is 5.11 Å². The summed E-state index contributed by atoms with van der Waals surface area (Å²) >= 11 is 0. The highest BCUT2D eigenvalue weighted by Gasteiger charge is 2.21. The lowest BCUT2D eigenvalue weighted by Crippen LogP contribution is -2.49. The Morgan fingerprint density at radius 3 is 2.17 bits per heavy atom. The molecule has 1 rings (SSSR count). The normalized spacial score (nSPS) is 14.4. The largest absolute Gasteiger partial charge is 0.392 e. The van der Waals surface area contributed by atoms with Gasteiger partial charge in [-0.3, -0.25) is 5.84 Å². The molecular weight excluding hydrogens is 248 g/mol. The topological polar surface area (TPSA) is 49.5 Å². The molecule has 1 aromatic carbocycles. The second-order valence-electron chi connectivity index (χ2n) is 5.09. The molecule has 18 heavy (non-hydrogen) atoms. The molecule has 3 nitrogen and oxygen atoms in total. The minimum absolute atomic E-state index is 0. The second-order valence-corrected chi connectivity index (χ2v) is 5.09. The molecule has 0 aliphatic heterocycles. The Labute approximate surface area is 116 Å². The van der Waals surface area contributed by atoms with E-state index in [1.165, 1.54) is 5.56 Å². The van der Waals surface area contributed by atoms with E-state index in [2.05, 4.69) is 26.0 Å². The van der Waals surface area contributed by atoms with Crippen molar-refractivity contribution in [2.75, 3.05) is 6.54 Å². The molecule has 1 aromatic rings. The van der Waals surface area contributed by atoms with Crippen LogP contribution in [0.3, 0.4) is 0 Å². The molecule has 2 atom stereocenters. The minimum Gasteiger partial charge on any atom is -0.392 e. The van der Waals surface area contributed by atoms with Crippen LogP contribution in [0.2, 0.25) is 0 Å². The molecule has 0 radical (unpaired) electrons. The third-order valence-electron chi connectivity index (χ3n) is 2.85. The summed E-state index contributed by atoms with van der Waals surface area (Å²) < 4.78 is 0. The fourth-order valence-corrected chi connectivity index (χ4v) is 1.98. The quantitative estimate of drug-likeness (QED) is 0.617. The number of hydrogen-bond acceptors (Lipinski definition) is 3. The van der Waals surface area contributed by atoms with E-state index in [9.17, 15) is 5.11 Å². The van der Waals surface area contributed by atoms with Gasteiger partial charge >= 0.3 is 0 Å². The van der Waals surface area contributed by atoms with Gasteiger partial charge in [0.05, 0.1) is 12.1 Å². The number of aliphatic hydroxyl groups is 1. The molecule has 0 heterocycles. The summed E-state index contributed by atoms with van der Waals surface area (Å²) in [4.78, 5) is 0. The van der Waals surface area contributed by atoms with Gasteiger partial charge in [0.2, 0.25) is 0 Å². The van der Waals surface area contributed by atoms with E-state index in [1.54, 1.807) is 11.9 Å². The molecule has 4 heteroatoms. The van der Waals surface area contributed by atoms with Crippen molar-refractivity contribution in [1.29, 1.82) is 0 Å². The van der Waals surface area contributed by atoms with E-state index >= 15 is 0 Å². The van der Waals surface area contributed by atoms with Crippen molar-refractivity contribution in [3.05, 3.63) is 35.9 Å². The van der Waals surface area contributed by atoms with Crippen molar-refractivity contribution in [3.8, 4) is 0 Å². The van der Waals surface area contributed by atoms with Crippen LogP contribution < -0.4 is 5.84 Å². The maximum absolute atomic E-state index is 9.84. The average Bonchev–Trinajstić information content (AvgIpc) is 2.25. The third-order valence-corrected chi connectivity index (χ3v) is 2.85. The molecule has 0 unspecified atom stereocenters. The first-order valence-electron chi connectivity index (χ1n) is 6.24. The molecule has 0 bridgehead atoms. The number of hydrazine groups is 1. The van der Waals surface area contributed by atoms with Gasteiger partial charge in [0.1, 0.15) is 0 Å². The third kappa shape index (κ3) is 5.83. The van der Waals surface area contributed by atoms with E-state index in [0.717, 1.165) is 13.0 Å². The number of nitrogens with two attached hydrogens (primary N) is 1. The van der Waals surface area contributed by atoms with E-state index in [0.29, 0.717) is 5.92 Å². The van der Waals surface area contributed by atoms with Crippen LogP contribution in [0.1, 0.15) is 26.3 Å². The van der Waals surface area contributed by atoms with E-state index in [-0.39, 0.29) is 18.4 Å². The molecule has 0 fully saturated rings. The smallest absolute Gasteiger partial charge is 0.0684 e. The molecule has 0 aliphatic rings. The SMILES string of the molecule is CC(C)CN(N)[C@@H](Cc1ccccc1)[C@H](C)O.Cl. The van der Waals surface area contributed by atoms with E-state index < -0.39 is 6.10 Å².